The molecular weight excluding hydrogens is 148 g/mol. The fourth-order valence-corrected chi connectivity index (χ4v) is 1.04. The summed E-state index contributed by atoms with van der Waals surface area (Å²) >= 11 is 0. The van der Waals surface area contributed by atoms with Crippen molar-refractivity contribution in [3.8, 4) is 0 Å². The van der Waals surface area contributed by atoms with Gasteiger partial charge in [-0.2, -0.15) is 0 Å². The van der Waals surface area contributed by atoms with E-state index in [1.54, 1.807) is 0 Å². The molecule has 11 heavy (non-hydrogen) atoms. The second-order valence-corrected chi connectivity index (χ2v) is 2.39. The normalized spacial score (nSPS) is 23.2. The minimum Gasteiger partial charge on any atom is -0.423 e. The van der Waals surface area contributed by atoms with Crippen LogP contribution >= 0.6 is 0 Å². The minimum absolute atomic E-state index is 0.147. The van der Waals surface area contributed by atoms with Crippen LogP contribution in [0, 0.1) is 0 Å². The monoisotopic (exact) mass is 160 g/mol. The summed E-state index contributed by atoms with van der Waals surface area (Å²) in [6, 6.07) is 0.147. The Morgan fingerprint density at radius 2 is 2.64 bits per heavy atom. The van der Waals surface area contributed by atoms with Crippen molar-refractivity contribution in [1.29, 1.82) is 0 Å². The van der Waals surface area contributed by atoms with E-state index in [9.17, 15) is 4.79 Å². The summed E-state index contributed by atoms with van der Waals surface area (Å²) in [6.45, 7) is 1.14. The van der Waals surface area contributed by atoms with Gasteiger partial charge in [-0.25, -0.2) is 4.79 Å². The number of alkyl carbamates (subject to hydrolysis) is 1. The molecule has 0 aliphatic carbocycles. The lowest BCUT2D eigenvalue weighted by molar-refractivity contribution is 0.0429. The number of aliphatic hydroxyl groups is 1. The van der Waals surface area contributed by atoms with Gasteiger partial charge in [0.2, 0.25) is 0 Å². The highest BCUT2D eigenvalue weighted by Crippen LogP contribution is 1.96. The summed E-state index contributed by atoms with van der Waals surface area (Å²) < 4.78 is 4.28. The lowest BCUT2D eigenvalue weighted by Gasteiger charge is -2.09. The van der Waals surface area contributed by atoms with Gasteiger partial charge in [-0.1, -0.05) is 0 Å². The van der Waals surface area contributed by atoms with Crippen molar-refractivity contribution in [2.45, 2.75) is 12.5 Å². The van der Waals surface area contributed by atoms with E-state index in [0.29, 0.717) is 0 Å². The van der Waals surface area contributed by atoms with Crippen molar-refractivity contribution in [3.05, 3.63) is 0 Å². The van der Waals surface area contributed by atoms with Crippen LogP contribution < -0.4 is 10.6 Å². The van der Waals surface area contributed by atoms with Crippen LogP contribution in [0.4, 0.5) is 4.79 Å². The first-order valence-corrected chi connectivity index (χ1v) is 3.58. The van der Waals surface area contributed by atoms with Crippen LogP contribution in [-0.4, -0.2) is 37.1 Å². The highest BCUT2D eigenvalue weighted by atomic mass is 16.6. The van der Waals surface area contributed by atoms with Crippen molar-refractivity contribution < 1.29 is 14.6 Å². The van der Waals surface area contributed by atoms with Gasteiger partial charge in [0.1, 0.15) is 0 Å². The molecule has 1 rings (SSSR count). The third kappa shape index (κ3) is 2.73. The first-order chi connectivity index (χ1) is 5.33. The largest absolute Gasteiger partial charge is 0.423 e. The Labute approximate surface area is 64.7 Å². The number of amides is 1. The van der Waals surface area contributed by atoms with Crippen LogP contribution in [0.5, 0.6) is 0 Å². The van der Waals surface area contributed by atoms with Crippen LogP contribution in [-0.2, 0) is 4.74 Å². The fraction of sp³-hybridized carbons (Fsp3) is 0.833. The Hall–Kier alpha value is -0.810. The summed E-state index contributed by atoms with van der Waals surface area (Å²) in [5, 5.41) is 13.9. The molecule has 1 unspecified atom stereocenters. The highest BCUT2D eigenvalue weighted by Gasteiger charge is 2.16. The molecule has 0 radical (unpaired) electrons. The standard InChI is InChI=1S/C6H12N2O3/c9-4-11-6(10)8-5-1-2-7-3-5/h5,7,9H,1-4H2,(H,8,10). The topological polar surface area (TPSA) is 70.6 Å². The van der Waals surface area contributed by atoms with Crippen molar-refractivity contribution in [2.75, 3.05) is 19.9 Å². The molecule has 0 bridgehead atoms. The lowest BCUT2D eigenvalue weighted by Crippen LogP contribution is -2.36. The van der Waals surface area contributed by atoms with Gasteiger partial charge in [0.05, 0.1) is 0 Å². The number of aliphatic hydroxyl groups excluding tert-OH is 1. The van der Waals surface area contributed by atoms with E-state index in [1.165, 1.54) is 0 Å². The van der Waals surface area contributed by atoms with E-state index in [-0.39, 0.29) is 6.04 Å². The van der Waals surface area contributed by atoms with Crippen molar-refractivity contribution in [3.63, 3.8) is 0 Å². The predicted octanol–water partition coefficient (Wildman–Crippen LogP) is -0.976. The molecule has 3 N–H and O–H groups in total. The van der Waals surface area contributed by atoms with Crippen molar-refractivity contribution >= 4 is 6.09 Å². The van der Waals surface area contributed by atoms with E-state index in [2.05, 4.69) is 15.4 Å². The average Bonchev–Trinajstić information content (AvgIpc) is 2.40. The third-order valence-corrected chi connectivity index (χ3v) is 1.58. The summed E-state index contributed by atoms with van der Waals surface area (Å²) in [5.41, 5.74) is 0. The molecule has 0 spiro atoms. The van der Waals surface area contributed by atoms with Gasteiger partial charge in [-0.05, 0) is 13.0 Å². The van der Waals surface area contributed by atoms with Crippen LogP contribution in [0.1, 0.15) is 6.42 Å². The molecule has 0 aromatic rings. The van der Waals surface area contributed by atoms with E-state index < -0.39 is 12.9 Å². The number of carbonyl (C=O) groups excluding carboxylic acids is 1. The molecule has 1 aliphatic rings. The predicted molar refractivity (Wildman–Crippen MR) is 38.0 cm³/mol. The SMILES string of the molecule is O=C(NC1CCNC1)OCO. The van der Waals surface area contributed by atoms with Crippen LogP contribution in [0.15, 0.2) is 0 Å². The average molecular weight is 160 g/mol. The van der Waals surface area contributed by atoms with Gasteiger partial charge in [-0.15, -0.1) is 0 Å². The maximum Gasteiger partial charge on any atom is 0.409 e. The van der Waals surface area contributed by atoms with Crippen molar-refractivity contribution in [1.82, 2.24) is 10.6 Å². The summed E-state index contributed by atoms with van der Waals surface area (Å²) in [7, 11) is 0. The summed E-state index contributed by atoms with van der Waals surface area (Å²) in [4.78, 5) is 10.7. The Morgan fingerprint density at radius 3 is 3.18 bits per heavy atom. The zero-order valence-electron chi connectivity index (χ0n) is 6.17. The number of hydrogen-bond acceptors (Lipinski definition) is 4. The molecule has 5 nitrogen and oxygen atoms in total. The van der Waals surface area contributed by atoms with Gasteiger partial charge in [0, 0.05) is 12.6 Å². The minimum atomic E-state index is -0.564. The van der Waals surface area contributed by atoms with E-state index in [4.69, 9.17) is 5.11 Å². The smallest absolute Gasteiger partial charge is 0.409 e. The molecular formula is C6H12N2O3. The summed E-state index contributed by atoms with van der Waals surface area (Å²) in [5.74, 6) is 0. The zero-order valence-corrected chi connectivity index (χ0v) is 6.17. The van der Waals surface area contributed by atoms with E-state index >= 15 is 0 Å². The molecule has 5 heteroatoms. The van der Waals surface area contributed by atoms with Crippen LogP contribution in [0.25, 0.3) is 0 Å². The maximum absolute atomic E-state index is 10.7. The molecule has 0 saturated carbocycles. The molecule has 1 heterocycles. The zero-order chi connectivity index (χ0) is 8.10. The Balaban J connectivity index is 2.13. The lowest BCUT2D eigenvalue weighted by atomic mass is 10.3. The number of carbonyl (C=O) groups is 1. The maximum atomic E-state index is 10.7. The quantitative estimate of drug-likeness (QED) is 0.454. The summed E-state index contributed by atoms with van der Waals surface area (Å²) in [6.07, 6.45) is 0.363. The van der Waals surface area contributed by atoms with Crippen LogP contribution in [0.3, 0.4) is 0 Å². The van der Waals surface area contributed by atoms with E-state index in [0.717, 1.165) is 19.5 Å². The van der Waals surface area contributed by atoms with Crippen LogP contribution in [0.2, 0.25) is 0 Å². The van der Waals surface area contributed by atoms with Gasteiger partial charge in [0.25, 0.3) is 0 Å². The second kappa shape index (κ2) is 4.15. The first kappa shape index (κ1) is 8.29. The van der Waals surface area contributed by atoms with Gasteiger partial charge < -0.3 is 20.5 Å². The molecule has 64 valence electrons. The van der Waals surface area contributed by atoms with Gasteiger partial charge in [-0.3, -0.25) is 0 Å². The number of rotatable bonds is 2. The molecule has 0 aromatic carbocycles. The Morgan fingerprint density at radius 1 is 1.82 bits per heavy atom. The Bertz CT molecular complexity index is 134. The molecule has 1 fully saturated rings. The molecule has 1 atom stereocenters. The van der Waals surface area contributed by atoms with Gasteiger partial charge >= 0.3 is 6.09 Å². The number of hydrogen-bond donors (Lipinski definition) is 3. The molecule has 1 saturated heterocycles. The Kier molecular flexibility index (Phi) is 3.13. The van der Waals surface area contributed by atoms with E-state index in [1.807, 2.05) is 0 Å². The third-order valence-electron chi connectivity index (χ3n) is 1.58. The molecule has 0 aromatic heterocycles. The fourth-order valence-electron chi connectivity index (χ4n) is 1.04. The second-order valence-electron chi connectivity index (χ2n) is 2.39. The molecule has 1 amide bonds. The molecule has 1 aliphatic heterocycles. The number of nitrogens with one attached hydrogen (secondary N) is 2. The van der Waals surface area contributed by atoms with Crippen molar-refractivity contribution in [2.24, 2.45) is 0 Å². The van der Waals surface area contributed by atoms with Gasteiger partial charge in [0.15, 0.2) is 6.79 Å². The highest BCUT2D eigenvalue weighted by molar-refractivity contribution is 5.67. The number of ether oxygens (including phenoxy) is 1. The first-order valence-electron chi connectivity index (χ1n) is 3.58.